The molecule has 4 nitrogen and oxygen atoms in total. The predicted molar refractivity (Wildman–Crippen MR) is 154 cm³/mol. The molecule has 0 radical (unpaired) electrons. The number of para-hydroxylation sites is 1. The predicted octanol–water partition coefficient (Wildman–Crippen LogP) is 8.33. The molecule has 5 rings (SSSR count). The normalized spacial score (nSPS) is 16.1. The van der Waals surface area contributed by atoms with Gasteiger partial charge in [-0.3, -0.25) is 0 Å². The van der Waals surface area contributed by atoms with Crippen LogP contribution in [0.2, 0.25) is 0 Å². The van der Waals surface area contributed by atoms with Gasteiger partial charge in [0.2, 0.25) is 0 Å². The minimum atomic E-state index is -3.76. The van der Waals surface area contributed by atoms with Gasteiger partial charge in [-0.05, 0) is 59.9 Å². The summed E-state index contributed by atoms with van der Waals surface area (Å²) in [6, 6.07) is 21.8. The number of rotatable bonds is 9. The van der Waals surface area contributed by atoms with E-state index >= 15 is 0 Å². The Hall–Kier alpha value is -2.19. The van der Waals surface area contributed by atoms with Crippen molar-refractivity contribution >= 4 is 53.5 Å². The summed E-state index contributed by atoms with van der Waals surface area (Å²) in [5, 5.41) is 7.29. The first kappa shape index (κ1) is 25.5. The fourth-order valence-electron chi connectivity index (χ4n) is 5.26. The summed E-state index contributed by atoms with van der Waals surface area (Å²) in [6.07, 6.45) is 9.30. The molecule has 2 aromatic carbocycles. The lowest BCUT2D eigenvalue weighted by Gasteiger charge is -2.26. The molecule has 1 N–H and O–H groups in total. The number of nitrogens with zero attached hydrogens (tertiary/aromatic N) is 1. The van der Waals surface area contributed by atoms with Crippen molar-refractivity contribution in [2.24, 2.45) is 5.92 Å². The van der Waals surface area contributed by atoms with Gasteiger partial charge in [-0.2, -0.15) is 8.42 Å². The van der Waals surface area contributed by atoms with Crippen LogP contribution in [0.4, 0.5) is 10.7 Å². The molecule has 0 aliphatic heterocycles. The van der Waals surface area contributed by atoms with Crippen LogP contribution in [0.1, 0.15) is 57.4 Å². The number of nitrogens with one attached hydrogen (secondary N) is 1. The van der Waals surface area contributed by atoms with Crippen LogP contribution in [-0.4, -0.2) is 14.5 Å². The van der Waals surface area contributed by atoms with Gasteiger partial charge in [0.05, 0.1) is 5.69 Å². The number of hydrogen-bond acceptors (Lipinski definition) is 5. The van der Waals surface area contributed by atoms with E-state index in [0.717, 1.165) is 21.6 Å². The van der Waals surface area contributed by atoms with Crippen LogP contribution in [0.3, 0.4) is 0 Å². The zero-order valence-electron chi connectivity index (χ0n) is 20.7. The fourth-order valence-corrected chi connectivity index (χ4v) is 9.13. The zero-order chi connectivity index (χ0) is 25.0. The highest BCUT2D eigenvalue weighted by Crippen LogP contribution is 2.42. The third kappa shape index (κ3) is 5.70. The molecule has 0 unspecified atom stereocenters. The third-order valence-corrected chi connectivity index (χ3v) is 11.4. The topological polar surface area (TPSA) is 49.4 Å². The Kier molecular flexibility index (Phi) is 8.11. The van der Waals surface area contributed by atoms with E-state index in [-0.39, 0.29) is 0 Å². The lowest BCUT2D eigenvalue weighted by atomic mass is 9.93. The first-order valence-electron chi connectivity index (χ1n) is 12.9. The number of sulfonamides is 1. The van der Waals surface area contributed by atoms with Gasteiger partial charge in [-0.15, -0.1) is 22.7 Å². The number of benzene rings is 2. The molecule has 4 aromatic rings. The van der Waals surface area contributed by atoms with Crippen molar-refractivity contribution in [3.8, 4) is 0 Å². The molecule has 1 aliphatic rings. The molecule has 190 valence electrons. The Morgan fingerprint density at radius 3 is 2.47 bits per heavy atom. The van der Waals surface area contributed by atoms with Crippen LogP contribution in [-0.2, 0) is 16.6 Å². The monoisotopic (exact) mass is 538 g/mol. The highest BCUT2D eigenvalue weighted by molar-refractivity contribution is 7.95. The Balaban J connectivity index is 1.45. The summed E-state index contributed by atoms with van der Waals surface area (Å²) < 4.78 is 30.9. The average molecular weight is 539 g/mol. The van der Waals surface area contributed by atoms with Crippen molar-refractivity contribution in [2.75, 3.05) is 4.31 Å². The van der Waals surface area contributed by atoms with E-state index < -0.39 is 10.0 Å². The summed E-state index contributed by atoms with van der Waals surface area (Å²) in [7, 11) is -3.76. The van der Waals surface area contributed by atoms with Gasteiger partial charge in [0.25, 0.3) is 10.0 Å². The molecule has 2 heterocycles. The van der Waals surface area contributed by atoms with E-state index in [4.69, 9.17) is 0 Å². The molecule has 0 amide bonds. The van der Waals surface area contributed by atoms with Gasteiger partial charge >= 0.3 is 0 Å². The second-order valence-electron chi connectivity index (χ2n) is 9.83. The van der Waals surface area contributed by atoms with Crippen LogP contribution >= 0.6 is 22.7 Å². The lowest BCUT2D eigenvalue weighted by Crippen LogP contribution is -2.30. The molecule has 0 spiro atoms. The molecule has 0 bridgehead atoms. The average Bonchev–Trinajstić information content (AvgIpc) is 3.50. The van der Waals surface area contributed by atoms with Crippen LogP contribution in [0.15, 0.2) is 76.3 Å². The molecule has 1 atom stereocenters. The first-order valence-corrected chi connectivity index (χ1v) is 16.0. The summed E-state index contributed by atoms with van der Waals surface area (Å²) in [5.41, 5.74) is 1.70. The number of hydrogen-bond donors (Lipinski definition) is 1. The van der Waals surface area contributed by atoms with E-state index in [1.54, 1.807) is 16.4 Å². The maximum Gasteiger partial charge on any atom is 0.278 e. The maximum absolute atomic E-state index is 14.0. The molecule has 1 fully saturated rings. The molecule has 1 aliphatic carbocycles. The van der Waals surface area contributed by atoms with Gasteiger partial charge in [-0.1, -0.05) is 81.0 Å². The van der Waals surface area contributed by atoms with Crippen LogP contribution in [0.25, 0.3) is 10.1 Å². The molecule has 2 aromatic heterocycles. The van der Waals surface area contributed by atoms with Crippen molar-refractivity contribution in [3.05, 3.63) is 77.7 Å². The van der Waals surface area contributed by atoms with E-state index in [2.05, 4.69) is 12.2 Å². The van der Waals surface area contributed by atoms with Crippen molar-refractivity contribution in [1.82, 2.24) is 5.32 Å². The van der Waals surface area contributed by atoms with Gasteiger partial charge in [0.1, 0.15) is 9.21 Å². The molecule has 36 heavy (non-hydrogen) atoms. The molecular formula is C29H34N2O2S3. The van der Waals surface area contributed by atoms with Crippen molar-refractivity contribution in [2.45, 2.75) is 68.7 Å². The number of fused-ring (bicyclic) bond motifs is 1. The van der Waals surface area contributed by atoms with E-state index in [1.807, 2.05) is 60.0 Å². The second-order valence-corrected chi connectivity index (χ2v) is 13.9. The minimum Gasteiger partial charge on any atom is -0.310 e. The lowest BCUT2D eigenvalue weighted by molar-refractivity contribution is 0.363. The van der Waals surface area contributed by atoms with Gasteiger partial charge in [0.15, 0.2) is 0 Å². The van der Waals surface area contributed by atoms with E-state index in [1.165, 1.54) is 67.6 Å². The standard InChI is InChI=1S/C29H34N2O2S3/c1-22(19-23-11-4-2-3-5-12-23)30-21-25-14-6-8-15-26(25)31(36(32,33)29-17-10-18-34-29)28-20-24-13-7-9-16-27(24)35-28/h6-10,13-18,20,22-23,30H,2-5,11-12,19,21H2,1H3/t22-/m0/s1. The number of anilines is 2. The SMILES string of the molecule is C[C@@H](CC1CCCCCC1)NCc1ccccc1N(c1cc2ccccc2s1)S(=O)(=O)c1cccs1. The summed E-state index contributed by atoms with van der Waals surface area (Å²) in [6.45, 7) is 2.89. The smallest absolute Gasteiger partial charge is 0.278 e. The summed E-state index contributed by atoms with van der Waals surface area (Å²) >= 11 is 2.77. The van der Waals surface area contributed by atoms with Gasteiger partial charge < -0.3 is 5.32 Å². The Labute approximate surface area is 223 Å². The summed E-state index contributed by atoms with van der Waals surface area (Å²) in [4.78, 5) is 0. The summed E-state index contributed by atoms with van der Waals surface area (Å²) in [5.74, 6) is 0.791. The van der Waals surface area contributed by atoms with Crippen LogP contribution < -0.4 is 9.62 Å². The van der Waals surface area contributed by atoms with Crippen LogP contribution in [0.5, 0.6) is 0 Å². The molecule has 1 saturated carbocycles. The van der Waals surface area contributed by atoms with Gasteiger partial charge in [0, 0.05) is 17.3 Å². The third-order valence-electron chi connectivity index (χ3n) is 7.12. The Morgan fingerprint density at radius 1 is 0.972 bits per heavy atom. The fraction of sp³-hybridized carbons (Fsp3) is 0.379. The Bertz CT molecular complexity index is 1340. The quantitative estimate of drug-likeness (QED) is 0.218. The second kappa shape index (κ2) is 11.5. The Morgan fingerprint density at radius 2 is 1.72 bits per heavy atom. The van der Waals surface area contributed by atoms with E-state index in [9.17, 15) is 8.42 Å². The van der Waals surface area contributed by atoms with E-state index in [0.29, 0.717) is 27.5 Å². The molecular weight excluding hydrogens is 505 g/mol. The first-order chi connectivity index (χ1) is 17.5. The highest BCUT2D eigenvalue weighted by Gasteiger charge is 2.30. The van der Waals surface area contributed by atoms with Crippen molar-refractivity contribution in [3.63, 3.8) is 0 Å². The zero-order valence-corrected chi connectivity index (χ0v) is 23.2. The number of thiophene rings is 2. The highest BCUT2D eigenvalue weighted by atomic mass is 32.2. The molecule has 7 heteroatoms. The largest absolute Gasteiger partial charge is 0.310 e. The van der Waals surface area contributed by atoms with Crippen molar-refractivity contribution in [1.29, 1.82) is 0 Å². The minimum absolute atomic E-state index is 0.351. The van der Waals surface area contributed by atoms with Gasteiger partial charge in [-0.25, -0.2) is 4.31 Å². The van der Waals surface area contributed by atoms with Crippen LogP contribution in [0, 0.1) is 5.92 Å². The molecule has 0 saturated heterocycles. The van der Waals surface area contributed by atoms with Crippen molar-refractivity contribution < 1.29 is 8.42 Å². The maximum atomic E-state index is 14.0.